The molecule has 2 atom stereocenters. The lowest BCUT2D eigenvalue weighted by molar-refractivity contribution is -0.00504. The van der Waals surface area contributed by atoms with Crippen molar-refractivity contribution in [2.45, 2.75) is 31.9 Å². The second kappa shape index (κ2) is 7.62. The fourth-order valence-electron chi connectivity index (χ4n) is 2.71. The van der Waals surface area contributed by atoms with Gasteiger partial charge >= 0.3 is 0 Å². The van der Waals surface area contributed by atoms with Gasteiger partial charge in [-0.1, -0.05) is 13.0 Å². The van der Waals surface area contributed by atoms with Gasteiger partial charge in [-0.3, -0.25) is 0 Å². The van der Waals surface area contributed by atoms with Gasteiger partial charge in [0.25, 0.3) is 0 Å². The average Bonchev–Trinajstić information content (AvgIpc) is 2.83. The predicted molar refractivity (Wildman–Crippen MR) is 79.3 cm³/mol. The number of rotatable bonds is 8. The average molecular weight is 279 g/mol. The topological polar surface area (TPSA) is 39.7 Å². The standard InChI is InChI=1S/C16H25NO3/c1-4-7-19-8-9-20-15-10-12-5-6-13(18-3)11-14(12)16(15)17-2/h5-6,11,15-17H,4,7-10H2,1-3H3. The van der Waals surface area contributed by atoms with E-state index >= 15 is 0 Å². The molecular formula is C16H25NO3. The van der Waals surface area contributed by atoms with Crippen LogP contribution >= 0.6 is 0 Å². The molecule has 0 bridgehead atoms. The Morgan fingerprint density at radius 1 is 1.25 bits per heavy atom. The van der Waals surface area contributed by atoms with Crippen molar-refractivity contribution in [3.63, 3.8) is 0 Å². The monoisotopic (exact) mass is 279 g/mol. The first kappa shape index (κ1) is 15.3. The van der Waals surface area contributed by atoms with Crippen LogP contribution in [0.5, 0.6) is 5.75 Å². The van der Waals surface area contributed by atoms with E-state index in [9.17, 15) is 0 Å². The van der Waals surface area contributed by atoms with E-state index in [4.69, 9.17) is 14.2 Å². The summed E-state index contributed by atoms with van der Waals surface area (Å²) in [6.07, 6.45) is 2.17. The van der Waals surface area contributed by atoms with E-state index in [1.54, 1.807) is 7.11 Å². The summed E-state index contributed by atoms with van der Waals surface area (Å²) >= 11 is 0. The molecule has 0 saturated carbocycles. The quantitative estimate of drug-likeness (QED) is 0.741. The van der Waals surface area contributed by atoms with Crippen molar-refractivity contribution >= 4 is 0 Å². The highest BCUT2D eigenvalue weighted by molar-refractivity contribution is 5.42. The molecule has 1 aromatic rings. The van der Waals surface area contributed by atoms with E-state index in [0.717, 1.165) is 25.2 Å². The SMILES string of the molecule is CCCOCCOC1Cc2ccc(OC)cc2C1NC. The third-order valence-electron chi connectivity index (χ3n) is 3.70. The minimum atomic E-state index is 0.173. The molecule has 1 aromatic carbocycles. The zero-order valence-corrected chi connectivity index (χ0v) is 12.6. The van der Waals surface area contributed by atoms with Crippen molar-refractivity contribution < 1.29 is 14.2 Å². The van der Waals surface area contributed by atoms with Gasteiger partial charge < -0.3 is 19.5 Å². The summed E-state index contributed by atoms with van der Waals surface area (Å²) in [6, 6.07) is 6.48. The molecule has 112 valence electrons. The first-order valence-corrected chi connectivity index (χ1v) is 7.33. The molecule has 2 unspecified atom stereocenters. The van der Waals surface area contributed by atoms with E-state index in [0.29, 0.717) is 13.2 Å². The van der Waals surface area contributed by atoms with Crippen LogP contribution < -0.4 is 10.1 Å². The van der Waals surface area contributed by atoms with Crippen LogP contribution in [0.3, 0.4) is 0 Å². The van der Waals surface area contributed by atoms with Crippen molar-refractivity contribution in [1.29, 1.82) is 0 Å². The molecule has 0 saturated heterocycles. The van der Waals surface area contributed by atoms with Crippen LogP contribution in [0.15, 0.2) is 18.2 Å². The molecule has 0 heterocycles. The third kappa shape index (κ3) is 3.51. The lowest BCUT2D eigenvalue weighted by Gasteiger charge is -2.20. The Balaban J connectivity index is 1.93. The Morgan fingerprint density at radius 3 is 2.80 bits per heavy atom. The van der Waals surface area contributed by atoms with Gasteiger partial charge in [0, 0.05) is 13.0 Å². The maximum absolute atomic E-state index is 5.98. The van der Waals surface area contributed by atoms with Crippen molar-refractivity contribution in [2.75, 3.05) is 34.0 Å². The van der Waals surface area contributed by atoms with Crippen LogP contribution in [0.1, 0.15) is 30.5 Å². The first-order chi connectivity index (χ1) is 9.80. The third-order valence-corrected chi connectivity index (χ3v) is 3.70. The van der Waals surface area contributed by atoms with Gasteiger partial charge in [-0.15, -0.1) is 0 Å². The van der Waals surface area contributed by atoms with Crippen LogP contribution in [-0.4, -0.2) is 40.1 Å². The Hall–Kier alpha value is -1.10. The number of likely N-dealkylation sites (N-methyl/N-ethyl adjacent to an activating group) is 1. The minimum absolute atomic E-state index is 0.173. The van der Waals surface area contributed by atoms with Crippen molar-refractivity contribution in [3.05, 3.63) is 29.3 Å². The Labute approximate surface area is 121 Å². The van der Waals surface area contributed by atoms with Crippen LogP contribution in [0.2, 0.25) is 0 Å². The minimum Gasteiger partial charge on any atom is -0.497 e. The van der Waals surface area contributed by atoms with Crippen molar-refractivity contribution in [2.24, 2.45) is 0 Å². The van der Waals surface area contributed by atoms with Gasteiger partial charge in [-0.2, -0.15) is 0 Å². The van der Waals surface area contributed by atoms with E-state index in [2.05, 4.69) is 24.4 Å². The number of ether oxygens (including phenoxy) is 3. The maximum atomic E-state index is 5.98. The molecule has 1 aliphatic carbocycles. The summed E-state index contributed by atoms with van der Waals surface area (Å²) < 4.78 is 16.7. The van der Waals surface area contributed by atoms with E-state index in [1.807, 2.05) is 13.1 Å². The zero-order valence-electron chi connectivity index (χ0n) is 12.6. The molecule has 20 heavy (non-hydrogen) atoms. The second-order valence-electron chi connectivity index (χ2n) is 5.06. The normalized spacial score (nSPS) is 20.9. The molecule has 2 rings (SSSR count). The Kier molecular flexibility index (Phi) is 5.83. The van der Waals surface area contributed by atoms with E-state index in [1.165, 1.54) is 11.1 Å². The lowest BCUT2D eigenvalue weighted by atomic mass is 10.1. The molecule has 0 spiro atoms. The van der Waals surface area contributed by atoms with Gasteiger partial charge in [-0.05, 0) is 36.7 Å². The van der Waals surface area contributed by atoms with Crippen molar-refractivity contribution in [3.8, 4) is 5.75 Å². The van der Waals surface area contributed by atoms with Crippen LogP contribution in [-0.2, 0) is 15.9 Å². The fraction of sp³-hybridized carbons (Fsp3) is 0.625. The molecule has 4 heteroatoms. The smallest absolute Gasteiger partial charge is 0.119 e. The van der Waals surface area contributed by atoms with Gasteiger partial charge in [0.15, 0.2) is 0 Å². The van der Waals surface area contributed by atoms with Crippen molar-refractivity contribution in [1.82, 2.24) is 5.32 Å². The number of hydrogen-bond donors (Lipinski definition) is 1. The van der Waals surface area contributed by atoms with Gasteiger partial charge in [-0.25, -0.2) is 0 Å². The number of benzene rings is 1. The summed E-state index contributed by atoms with van der Waals surface area (Å²) in [5.41, 5.74) is 2.62. The Morgan fingerprint density at radius 2 is 2.10 bits per heavy atom. The molecule has 0 fully saturated rings. The van der Waals surface area contributed by atoms with E-state index < -0.39 is 0 Å². The summed E-state index contributed by atoms with van der Waals surface area (Å²) in [5, 5.41) is 3.35. The number of hydrogen-bond acceptors (Lipinski definition) is 4. The second-order valence-corrected chi connectivity index (χ2v) is 5.06. The van der Waals surface area contributed by atoms with Crippen LogP contribution in [0.4, 0.5) is 0 Å². The summed E-state index contributed by atoms with van der Waals surface area (Å²) in [5.74, 6) is 0.899. The molecule has 0 aromatic heterocycles. The van der Waals surface area contributed by atoms with Gasteiger partial charge in [0.1, 0.15) is 5.75 Å². The highest BCUT2D eigenvalue weighted by atomic mass is 16.5. The first-order valence-electron chi connectivity index (χ1n) is 7.33. The summed E-state index contributed by atoms with van der Waals surface area (Å²) in [7, 11) is 3.67. The van der Waals surface area contributed by atoms with Crippen LogP contribution in [0.25, 0.3) is 0 Å². The maximum Gasteiger partial charge on any atom is 0.119 e. The Bertz CT molecular complexity index is 422. The molecule has 0 aliphatic heterocycles. The van der Waals surface area contributed by atoms with Gasteiger partial charge in [0.2, 0.25) is 0 Å². The van der Waals surface area contributed by atoms with Gasteiger partial charge in [0.05, 0.1) is 32.5 Å². The lowest BCUT2D eigenvalue weighted by Crippen LogP contribution is -2.29. The highest BCUT2D eigenvalue weighted by Gasteiger charge is 2.32. The largest absolute Gasteiger partial charge is 0.497 e. The predicted octanol–water partition coefficient (Wildman–Crippen LogP) is 2.32. The molecule has 0 amide bonds. The summed E-state index contributed by atoms with van der Waals surface area (Å²) in [4.78, 5) is 0. The summed E-state index contributed by atoms with van der Waals surface area (Å²) in [6.45, 7) is 4.23. The highest BCUT2D eigenvalue weighted by Crippen LogP contribution is 2.35. The molecule has 1 aliphatic rings. The van der Waals surface area contributed by atoms with E-state index in [-0.39, 0.29) is 12.1 Å². The molecule has 0 radical (unpaired) electrons. The number of methoxy groups -OCH3 is 1. The fourth-order valence-corrected chi connectivity index (χ4v) is 2.71. The molecule has 1 N–H and O–H groups in total. The number of nitrogens with one attached hydrogen (secondary N) is 1. The number of fused-ring (bicyclic) bond motifs is 1. The molecular weight excluding hydrogens is 254 g/mol. The molecule has 4 nitrogen and oxygen atoms in total. The zero-order chi connectivity index (χ0) is 14.4. The van der Waals surface area contributed by atoms with Crippen LogP contribution in [0, 0.1) is 0 Å².